The van der Waals surface area contributed by atoms with Gasteiger partial charge in [0.05, 0.1) is 0 Å². The third kappa shape index (κ3) is 3.04. The van der Waals surface area contributed by atoms with Gasteiger partial charge in [0.1, 0.15) is 10.7 Å². The van der Waals surface area contributed by atoms with E-state index in [9.17, 15) is 0 Å². The summed E-state index contributed by atoms with van der Waals surface area (Å²) in [4.78, 5) is 3.97. The molecule has 0 aromatic carbocycles. The predicted molar refractivity (Wildman–Crippen MR) is 58.0 cm³/mol. The first-order valence-electron chi connectivity index (χ1n) is 2.76. The maximum atomic E-state index is 8.43. The van der Waals surface area contributed by atoms with Crippen LogP contribution in [0.1, 0.15) is 0 Å². The highest BCUT2D eigenvalue weighted by atomic mass is 79.9. The summed E-state index contributed by atoms with van der Waals surface area (Å²) in [6, 6.07) is 1.75. The topological polar surface area (TPSA) is 49.0 Å². The third-order valence-corrected chi connectivity index (χ3v) is 4.13. The number of allylic oxidation sites excluding steroid dienone is 1. The molecule has 0 amide bonds. The Labute approximate surface area is 99.6 Å². The van der Waals surface area contributed by atoms with Gasteiger partial charge in [-0.1, -0.05) is 23.2 Å². The van der Waals surface area contributed by atoms with Crippen LogP contribution in [0.2, 0.25) is 5.15 Å². The lowest BCUT2D eigenvalue weighted by Gasteiger charge is -1.85. The van der Waals surface area contributed by atoms with Gasteiger partial charge in [0, 0.05) is 10.5 Å². The van der Waals surface area contributed by atoms with Crippen LogP contribution in [0.3, 0.4) is 0 Å². The summed E-state index contributed by atoms with van der Waals surface area (Å²) < 4.78 is 4.61. The van der Waals surface area contributed by atoms with Crippen molar-refractivity contribution in [1.29, 1.82) is 5.26 Å². The van der Waals surface area contributed by atoms with Gasteiger partial charge in [-0.3, -0.25) is 0 Å². The van der Waals surface area contributed by atoms with Gasteiger partial charge in [0.2, 0.25) is 0 Å². The van der Waals surface area contributed by atoms with Gasteiger partial charge in [0.15, 0.2) is 14.9 Å². The largest absolute Gasteiger partial charge is 0.224 e. The van der Waals surface area contributed by atoms with Gasteiger partial charge in [-0.25, -0.2) is 4.99 Å². The van der Waals surface area contributed by atoms with Gasteiger partial charge in [-0.2, -0.15) is 9.64 Å². The lowest BCUT2D eigenvalue weighted by Crippen LogP contribution is -1.93. The van der Waals surface area contributed by atoms with Crippen LogP contribution in [0, 0.1) is 11.3 Å². The minimum absolute atomic E-state index is 0.0190. The van der Waals surface area contributed by atoms with Crippen LogP contribution in [-0.2, 0) is 0 Å². The Morgan fingerprint density at radius 2 is 2.38 bits per heavy atom. The van der Waals surface area contributed by atoms with E-state index in [0.717, 1.165) is 0 Å². The summed E-state index contributed by atoms with van der Waals surface area (Å²) in [5.74, 6) is 0. The second kappa shape index (κ2) is 5.08. The molecule has 0 bridgehead atoms. The molecule has 0 atom stereocenters. The molecule has 0 unspecified atom stereocenters. The number of nitriles is 1. The molecule has 0 radical (unpaired) electrons. The lowest BCUT2D eigenvalue weighted by atomic mass is 10.7. The highest BCUT2D eigenvalue weighted by Gasteiger charge is 2.01. The molecule has 1 aromatic rings. The molecule has 0 aliphatic carbocycles. The first kappa shape index (κ1) is 11.1. The van der Waals surface area contributed by atoms with Gasteiger partial charge >= 0.3 is 0 Å². The summed E-state index contributed by atoms with van der Waals surface area (Å²) in [7, 11) is 2.53. The number of rotatable bonds is 1. The van der Waals surface area contributed by atoms with E-state index in [-0.39, 0.29) is 9.64 Å². The summed E-state index contributed by atoms with van der Waals surface area (Å²) in [6.07, 6.45) is 0. The number of aromatic nitrogens is 1. The Bertz CT molecular complexity index is 441. The molecular weight excluding hydrogens is 317 g/mol. The van der Waals surface area contributed by atoms with Crippen molar-refractivity contribution in [2.75, 3.05) is 0 Å². The van der Waals surface area contributed by atoms with Crippen molar-refractivity contribution in [3.8, 4) is 6.07 Å². The van der Waals surface area contributed by atoms with E-state index in [4.69, 9.17) is 28.5 Å². The average molecular weight is 317 g/mol. The zero-order valence-electron chi connectivity index (χ0n) is 5.79. The number of nitrogens with zero attached hydrogens (tertiary/aromatic N) is 3. The van der Waals surface area contributed by atoms with Crippen molar-refractivity contribution in [2.45, 2.75) is 0 Å². The van der Waals surface area contributed by atoms with Gasteiger partial charge in [-0.15, -0.1) is 0 Å². The Morgan fingerprint density at radius 3 is 2.85 bits per heavy atom. The van der Waals surface area contributed by atoms with Crippen LogP contribution < -0.4 is 4.67 Å². The molecule has 1 aromatic heterocycles. The molecule has 1 rings (SSSR count). The highest BCUT2D eigenvalue weighted by Crippen LogP contribution is 2.17. The van der Waals surface area contributed by atoms with Gasteiger partial charge in [0.25, 0.3) is 0 Å². The lowest BCUT2D eigenvalue weighted by molar-refractivity contribution is 1.35. The van der Waals surface area contributed by atoms with E-state index in [1.54, 1.807) is 6.07 Å². The number of hydrogen-bond donors (Lipinski definition) is 0. The third-order valence-electron chi connectivity index (χ3n) is 0.889. The van der Waals surface area contributed by atoms with Crippen molar-refractivity contribution in [3.63, 3.8) is 0 Å². The van der Waals surface area contributed by atoms with Crippen LogP contribution >= 0.6 is 60.0 Å². The van der Waals surface area contributed by atoms with Crippen molar-refractivity contribution in [2.24, 2.45) is 4.99 Å². The van der Waals surface area contributed by atoms with Crippen molar-refractivity contribution in [3.05, 3.63) is 19.5 Å². The smallest absolute Gasteiger partial charge is 0.179 e. The molecule has 0 saturated heterocycles. The first-order chi connectivity index (χ1) is 6.15. The maximum absolute atomic E-state index is 8.43. The van der Waals surface area contributed by atoms with Crippen molar-refractivity contribution in [1.82, 2.24) is 4.37 Å². The molecular formula is C5BrCl2N3S2. The standard InChI is InChI=1S/C5BrCl2N3S2/c6-3(2(7)1-9)10-5-4(8)11-13-12-5/b3-2-,10-5-. The predicted octanol–water partition coefficient (Wildman–Crippen LogP) is 3.09. The monoisotopic (exact) mass is 315 g/mol. The summed E-state index contributed by atoms with van der Waals surface area (Å²) in [5.41, 5.74) is 0. The van der Waals surface area contributed by atoms with E-state index < -0.39 is 0 Å². The second-order valence-electron chi connectivity index (χ2n) is 1.67. The van der Waals surface area contributed by atoms with Crippen molar-refractivity contribution < 1.29 is 0 Å². The Kier molecular flexibility index (Phi) is 4.35. The summed E-state index contributed by atoms with van der Waals surface area (Å²) in [6.45, 7) is 0. The Hall–Kier alpha value is 0.0700. The molecule has 3 nitrogen and oxygen atoms in total. The molecule has 1 heterocycles. The van der Waals surface area contributed by atoms with E-state index in [1.807, 2.05) is 0 Å². The van der Waals surface area contributed by atoms with Crippen molar-refractivity contribution >= 4 is 60.0 Å². The average Bonchev–Trinajstić information content (AvgIpc) is 2.50. The highest BCUT2D eigenvalue weighted by molar-refractivity contribution is 9.11. The van der Waals surface area contributed by atoms with Crippen LogP contribution in [0.4, 0.5) is 0 Å². The minimum atomic E-state index is -0.0190. The van der Waals surface area contributed by atoms with E-state index in [0.29, 0.717) is 9.82 Å². The molecule has 0 N–H and O–H groups in total. The van der Waals surface area contributed by atoms with Crippen LogP contribution in [0.25, 0.3) is 0 Å². The first-order valence-corrected chi connectivity index (χ1v) is 6.42. The number of hydrogen-bond acceptors (Lipinski definition) is 5. The quantitative estimate of drug-likeness (QED) is 0.454. The molecule has 0 saturated carbocycles. The fourth-order valence-corrected chi connectivity index (χ4v) is 2.81. The molecule has 13 heavy (non-hydrogen) atoms. The van der Waals surface area contributed by atoms with Crippen LogP contribution in [-0.4, -0.2) is 4.37 Å². The summed E-state index contributed by atoms with van der Waals surface area (Å²) in [5, 5.41) is 8.73. The van der Waals surface area contributed by atoms with Gasteiger partial charge < -0.3 is 0 Å². The van der Waals surface area contributed by atoms with Crippen LogP contribution in [0.5, 0.6) is 0 Å². The summed E-state index contributed by atoms with van der Waals surface area (Å²) >= 11 is 14.2. The molecule has 8 heteroatoms. The molecule has 0 spiro atoms. The second-order valence-corrected chi connectivity index (χ2v) is 4.99. The molecule has 68 valence electrons. The fraction of sp³-hybridized carbons (Fsp3) is 0. The van der Waals surface area contributed by atoms with E-state index in [1.165, 1.54) is 20.9 Å². The maximum Gasteiger partial charge on any atom is 0.179 e. The minimum Gasteiger partial charge on any atom is -0.224 e. The molecule has 0 aliphatic rings. The molecule has 0 fully saturated rings. The Balaban J connectivity index is 3.19. The van der Waals surface area contributed by atoms with Gasteiger partial charge in [-0.05, 0) is 26.3 Å². The Morgan fingerprint density at radius 1 is 1.69 bits per heavy atom. The fourth-order valence-electron chi connectivity index (χ4n) is 0.409. The molecule has 0 aliphatic heterocycles. The number of halogens is 3. The van der Waals surface area contributed by atoms with Crippen LogP contribution in [0.15, 0.2) is 14.6 Å². The zero-order chi connectivity index (χ0) is 9.84. The zero-order valence-corrected chi connectivity index (χ0v) is 10.5. The van der Waals surface area contributed by atoms with E-state index >= 15 is 0 Å². The normalized spacial score (nSPS) is 13.8. The SMILES string of the molecule is N#C/C(Cl)=C(Br)/N=c1\ssnc1Cl. The van der Waals surface area contributed by atoms with E-state index in [2.05, 4.69) is 25.3 Å².